The molecule has 462 valence electrons. The van der Waals surface area contributed by atoms with Gasteiger partial charge in [-0.2, -0.15) is 8.42 Å². The number of unbranched alkanes of at least 4 members (excludes halogenated alkanes) is 45. The molecule has 0 saturated carbocycles. The van der Waals surface area contributed by atoms with E-state index in [1.165, 1.54) is 263 Å². The highest BCUT2D eigenvalue weighted by Crippen LogP contribution is 2.26. The molecule has 12 nitrogen and oxygen atoms in total. The van der Waals surface area contributed by atoms with E-state index < -0.39 is 59.9 Å². The molecule has 0 bridgehead atoms. The first kappa shape index (κ1) is 74.6. The molecule has 1 amide bonds. The summed E-state index contributed by atoms with van der Waals surface area (Å²) < 4.78 is 48.0. The lowest BCUT2D eigenvalue weighted by Crippen LogP contribution is -2.61. The largest absolute Gasteiger partial charge is 0.397 e. The van der Waals surface area contributed by atoms with Gasteiger partial charge in [0, 0.05) is 6.42 Å². The van der Waals surface area contributed by atoms with Crippen molar-refractivity contribution in [2.24, 2.45) is 0 Å². The van der Waals surface area contributed by atoms with Crippen molar-refractivity contribution in [2.75, 3.05) is 13.2 Å². The number of aliphatic hydroxyl groups is 4. The third kappa shape index (κ3) is 46.1. The van der Waals surface area contributed by atoms with Crippen LogP contribution in [0.2, 0.25) is 0 Å². The van der Waals surface area contributed by atoms with E-state index in [2.05, 4.69) is 35.5 Å². The fourth-order valence-electron chi connectivity index (χ4n) is 10.9. The van der Waals surface area contributed by atoms with Crippen molar-refractivity contribution in [1.29, 1.82) is 0 Å². The maximum absolute atomic E-state index is 13.2. The van der Waals surface area contributed by atoms with Crippen LogP contribution in [0.5, 0.6) is 0 Å². The topological polar surface area (TPSA) is 192 Å². The summed E-state index contributed by atoms with van der Waals surface area (Å²) in [4.78, 5) is 13.2. The zero-order chi connectivity index (χ0) is 56.8. The molecule has 13 heteroatoms. The van der Waals surface area contributed by atoms with Gasteiger partial charge in [0.05, 0.1) is 25.4 Å². The summed E-state index contributed by atoms with van der Waals surface area (Å²) in [6.07, 6.45) is 60.9. The van der Waals surface area contributed by atoms with Crippen LogP contribution in [0.25, 0.3) is 0 Å². The van der Waals surface area contributed by atoms with Crippen molar-refractivity contribution in [3.05, 3.63) is 24.3 Å². The molecule has 1 fully saturated rings. The predicted molar refractivity (Wildman–Crippen MR) is 324 cm³/mol. The van der Waals surface area contributed by atoms with E-state index in [0.29, 0.717) is 6.42 Å². The number of rotatable bonds is 59. The number of carbonyl (C=O) groups is 1. The summed E-state index contributed by atoms with van der Waals surface area (Å²) in [6.45, 7) is 3.46. The van der Waals surface area contributed by atoms with Gasteiger partial charge in [0.25, 0.3) is 0 Å². The lowest BCUT2D eigenvalue weighted by atomic mass is 9.99. The number of hydrogen-bond donors (Lipinski definition) is 6. The highest BCUT2D eigenvalue weighted by Gasteiger charge is 2.48. The molecule has 1 aliphatic rings. The SMILES string of the molecule is CCCCCCCCCCCCCC/C=C\CCCCCCCCCCCCC(=O)NC(COC1OC(CO)C(O)C(OS(=O)(=O)O)C1O)C(O)/C=C/CCCCCCCCCCCCCCCCCCCCCCCCC. The highest BCUT2D eigenvalue weighted by atomic mass is 32.3. The first-order valence-electron chi connectivity index (χ1n) is 33.2. The lowest BCUT2D eigenvalue weighted by Gasteiger charge is -2.41. The van der Waals surface area contributed by atoms with Gasteiger partial charge in [-0.3, -0.25) is 9.35 Å². The summed E-state index contributed by atoms with van der Waals surface area (Å²) >= 11 is 0. The first-order valence-corrected chi connectivity index (χ1v) is 34.6. The standard InChI is InChI=1S/C65H125NO11S/c1-3-5-7-9-11-13-15-17-19-21-23-25-27-29-31-33-35-37-39-41-43-45-47-49-51-53-55-61(69)66-58(57-75-65-63(71)64(77-78(72,73)74)62(70)60(56-67)76-65)59(68)54-52-50-48-46-44-42-40-38-36-34-32-30-28-26-24-22-20-18-16-14-12-10-8-6-4-2/h29,31,52,54,58-60,62-65,67-68,70-71H,3-28,30,32-51,53,55-57H2,1-2H3,(H,66,69)(H,72,73,74)/b31-29-,54-52+. The quantitative estimate of drug-likeness (QED) is 0.0193. The van der Waals surface area contributed by atoms with Gasteiger partial charge in [0.15, 0.2) is 6.29 Å². The Kier molecular flexibility index (Phi) is 52.4. The van der Waals surface area contributed by atoms with Gasteiger partial charge in [-0.1, -0.05) is 301 Å². The second-order valence-electron chi connectivity index (χ2n) is 23.4. The predicted octanol–water partition coefficient (Wildman–Crippen LogP) is 16.7. The first-order chi connectivity index (χ1) is 38.0. The molecule has 6 N–H and O–H groups in total. The summed E-state index contributed by atoms with van der Waals surface area (Å²) in [7, 11) is -5.09. The number of ether oxygens (including phenoxy) is 2. The maximum atomic E-state index is 13.2. The summed E-state index contributed by atoms with van der Waals surface area (Å²) in [5, 5.41) is 45.1. The Balaban J connectivity index is 2.30. The molecule has 1 heterocycles. The van der Waals surface area contributed by atoms with E-state index in [1.54, 1.807) is 6.08 Å². The second-order valence-corrected chi connectivity index (χ2v) is 24.5. The third-order valence-corrected chi connectivity index (χ3v) is 16.4. The minimum absolute atomic E-state index is 0.258. The van der Waals surface area contributed by atoms with Gasteiger partial charge in [0.1, 0.15) is 24.4 Å². The van der Waals surface area contributed by atoms with Crippen LogP contribution in [0.15, 0.2) is 24.3 Å². The van der Waals surface area contributed by atoms with Crippen LogP contribution in [0.3, 0.4) is 0 Å². The molecule has 1 saturated heterocycles. The van der Waals surface area contributed by atoms with Crippen LogP contribution >= 0.6 is 0 Å². The minimum atomic E-state index is -5.09. The molecular weight excluding hydrogens is 1000 g/mol. The number of aliphatic hydroxyl groups excluding tert-OH is 4. The van der Waals surface area contributed by atoms with Crippen LogP contribution in [0.1, 0.15) is 328 Å². The Morgan fingerprint density at radius 3 is 1.15 bits per heavy atom. The maximum Gasteiger partial charge on any atom is 0.397 e. The molecule has 0 spiro atoms. The summed E-state index contributed by atoms with van der Waals surface area (Å²) in [5.74, 6) is -0.258. The summed E-state index contributed by atoms with van der Waals surface area (Å²) in [5.41, 5.74) is 0. The smallest absolute Gasteiger partial charge is 0.394 e. The van der Waals surface area contributed by atoms with Gasteiger partial charge >= 0.3 is 10.4 Å². The molecule has 0 aromatic carbocycles. The minimum Gasteiger partial charge on any atom is -0.394 e. The van der Waals surface area contributed by atoms with E-state index in [0.717, 1.165) is 38.5 Å². The average molecular weight is 1130 g/mol. The molecule has 0 aromatic rings. The molecule has 0 aliphatic carbocycles. The van der Waals surface area contributed by atoms with Crippen LogP contribution in [0, 0.1) is 0 Å². The zero-order valence-electron chi connectivity index (χ0n) is 50.5. The average Bonchev–Trinajstić information content (AvgIpc) is 3.45. The summed E-state index contributed by atoms with van der Waals surface area (Å²) in [6, 6.07) is -0.945. The Hall–Kier alpha value is -1.42. The van der Waals surface area contributed by atoms with E-state index >= 15 is 0 Å². The van der Waals surface area contributed by atoms with Crippen LogP contribution in [-0.2, 0) is 28.9 Å². The van der Waals surface area contributed by atoms with E-state index in [9.17, 15) is 38.2 Å². The van der Waals surface area contributed by atoms with Crippen molar-refractivity contribution in [1.82, 2.24) is 5.32 Å². The molecule has 1 rings (SSSR count). The molecular formula is C65H125NO11S. The van der Waals surface area contributed by atoms with Crippen molar-refractivity contribution >= 4 is 16.3 Å². The number of hydrogen-bond acceptors (Lipinski definition) is 10. The van der Waals surface area contributed by atoms with Crippen molar-refractivity contribution in [2.45, 2.75) is 371 Å². The molecule has 7 unspecified atom stereocenters. The van der Waals surface area contributed by atoms with Gasteiger partial charge in [-0.15, -0.1) is 0 Å². The Morgan fingerprint density at radius 2 is 0.821 bits per heavy atom. The fraction of sp³-hybridized carbons (Fsp3) is 0.923. The number of nitrogens with one attached hydrogen (secondary N) is 1. The van der Waals surface area contributed by atoms with E-state index in [4.69, 9.17) is 9.47 Å². The number of allylic oxidation sites excluding steroid dienone is 3. The van der Waals surface area contributed by atoms with Gasteiger partial charge in [-0.05, 0) is 44.9 Å². The Bertz CT molecular complexity index is 1470. The molecule has 1 aliphatic heterocycles. The van der Waals surface area contributed by atoms with Gasteiger partial charge in [0.2, 0.25) is 5.91 Å². The second kappa shape index (κ2) is 54.8. The number of amides is 1. The van der Waals surface area contributed by atoms with E-state index in [1.807, 2.05) is 6.08 Å². The highest BCUT2D eigenvalue weighted by molar-refractivity contribution is 7.80. The fourth-order valence-corrected chi connectivity index (χ4v) is 11.4. The van der Waals surface area contributed by atoms with Crippen LogP contribution in [-0.4, -0.2) is 95.4 Å². The van der Waals surface area contributed by atoms with Crippen molar-refractivity contribution < 1.29 is 51.8 Å². The molecule has 0 aromatic heterocycles. The van der Waals surface area contributed by atoms with Gasteiger partial charge < -0.3 is 35.2 Å². The lowest BCUT2D eigenvalue weighted by molar-refractivity contribution is -0.298. The zero-order valence-corrected chi connectivity index (χ0v) is 51.3. The number of carbonyl (C=O) groups excluding carboxylic acids is 1. The molecule has 78 heavy (non-hydrogen) atoms. The molecule has 7 atom stereocenters. The monoisotopic (exact) mass is 1130 g/mol. The normalized spacial score (nSPS) is 18.9. The van der Waals surface area contributed by atoms with Crippen molar-refractivity contribution in [3.63, 3.8) is 0 Å². The van der Waals surface area contributed by atoms with Crippen molar-refractivity contribution in [3.8, 4) is 0 Å². The third-order valence-electron chi connectivity index (χ3n) is 16.0. The molecule has 0 radical (unpaired) electrons. The van der Waals surface area contributed by atoms with Crippen LogP contribution in [0.4, 0.5) is 0 Å². The van der Waals surface area contributed by atoms with Gasteiger partial charge in [-0.25, -0.2) is 4.18 Å². The van der Waals surface area contributed by atoms with Crippen LogP contribution < -0.4 is 5.32 Å². The van der Waals surface area contributed by atoms with E-state index in [-0.39, 0.29) is 18.9 Å². The Labute approximate surface area is 480 Å². The Morgan fingerprint density at radius 1 is 0.500 bits per heavy atom.